The number of hydrogen-bond donors (Lipinski definition) is 2. The van der Waals surface area contributed by atoms with E-state index in [-0.39, 0.29) is 23.2 Å². The summed E-state index contributed by atoms with van der Waals surface area (Å²) in [6.45, 7) is 2.81. The number of nitrogens with one attached hydrogen (secondary N) is 2. The number of aryl methyl sites for hydroxylation is 1. The fraction of sp³-hybridized carbons (Fsp3) is 0.273. The summed E-state index contributed by atoms with van der Waals surface area (Å²) in [5.74, 6) is -4.09. The number of hydrogen-bond acceptors (Lipinski definition) is 4. The van der Waals surface area contributed by atoms with Crippen LogP contribution in [-0.2, 0) is 11.3 Å². The first-order valence-electron chi connectivity index (χ1n) is 9.70. The molecule has 6 nitrogen and oxygen atoms in total. The summed E-state index contributed by atoms with van der Waals surface area (Å²) in [4.78, 5) is 34.8. The molecule has 0 saturated heterocycles. The van der Waals surface area contributed by atoms with E-state index in [9.17, 15) is 22.8 Å². The van der Waals surface area contributed by atoms with Gasteiger partial charge in [-0.05, 0) is 43.2 Å². The zero-order valence-electron chi connectivity index (χ0n) is 17.1. The van der Waals surface area contributed by atoms with Crippen LogP contribution >= 0.6 is 11.6 Å². The molecule has 1 aliphatic carbocycles. The molecule has 0 spiro atoms. The summed E-state index contributed by atoms with van der Waals surface area (Å²) in [5.41, 5.74) is -0.738. The van der Waals surface area contributed by atoms with E-state index < -0.39 is 35.2 Å². The lowest BCUT2D eigenvalue weighted by atomic mass is 10.1. The Hall–Kier alpha value is -3.20. The molecule has 2 aromatic carbocycles. The number of rotatable bonds is 5. The zero-order chi connectivity index (χ0) is 23.3. The van der Waals surface area contributed by atoms with E-state index in [2.05, 4.69) is 20.3 Å². The van der Waals surface area contributed by atoms with Crippen LogP contribution in [0.1, 0.15) is 24.5 Å². The number of H-pyrrole nitrogens is 1. The molecule has 166 valence electrons. The van der Waals surface area contributed by atoms with Gasteiger partial charge in [0.25, 0.3) is 5.92 Å². The third-order valence-corrected chi connectivity index (χ3v) is 5.91. The third-order valence-electron chi connectivity index (χ3n) is 5.58. The maximum absolute atomic E-state index is 13.9. The van der Waals surface area contributed by atoms with Crippen molar-refractivity contribution in [1.29, 1.82) is 0 Å². The van der Waals surface area contributed by atoms with Gasteiger partial charge in [0.1, 0.15) is 17.1 Å². The first-order valence-corrected chi connectivity index (χ1v) is 10.1. The molecule has 1 unspecified atom stereocenters. The standard InChI is InChI=1S/C22H18ClF3N4O2/c1-11-3-5-13(8-16(11)24)17-28-18(30-20(32)29-17)14-7-12(4-6-15(14)23)9-27-19(31)21(2)10-22(21,25)26/h3-8H,9-10H2,1-2H3,(H,27,31)(H,28,29,30,32). The van der Waals surface area contributed by atoms with Gasteiger partial charge >= 0.3 is 5.69 Å². The highest BCUT2D eigenvalue weighted by atomic mass is 35.5. The minimum absolute atomic E-state index is 0.0139. The topological polar surface area (TPSA) is 87.7 Å². The molecule has 1 amide bonds. The van der Waals surface area contributed by atoms with Gasteiger partial charge in [-0.25, -0.2) is 22.9 Å². The molecule has 0 bridgehead atoms. The average Bonchev–Trinajstić information content (AvgIpc) is 3.27. The van der Waals surface area contributed by atoms with Crippen LogP contribution in [0, 0.1) is 18.2 Å². The van der Waals surface area contributed by atoms with Crippen molar-refractivity contribution in [3.63, 3.8) is 0 Å². The second kappa shape index (κ2) is 7.74. The van der Waals surface area contributed by atoms with E-state index in [0.717, 1.165) is 0 Å². The van der Waals surface area contributed by atoms with Gasteiger partial charge in [0.2, 0.25) is 5.91 Å². The van der Waals surface area contributed by atoms with Crippen LogP contribution in [0.4, 0.5) is 13.2 Å². The molecule has 1 atom stereocenters. The number of carbonyl (C=O) groups is 1. The zero-order valence-corrected chi connectivity index (χ0v) is 17.9. The second-order valence-electron chi connectivity index (χ2n) is 8.00. The summed E-state index contributed by atoms with van der Waals surface area (Å²) in [5, 5.41) is 2.77. The normalized spacial score (nSPS) is 18.9. The molecule has 4 rings (SSSR count). The lowest BCUT2D eigenvalue weighted by Crippen LogP contribution is -2.33. The Kier molecular flexibility index (Phi) is 5.32. The Labute approximate surface area is 185 Å². The number of halogens is 4. The molecule has 1 fully saturated rings. The van der Waals surface area contributed by atoms with Crippen molar-refractivity contribution in [1.82, 2.24) is 20.3 Å². The summed E-state index contributed by atoms with van der Waals surface area (Å²) >= 11 is 6.28. The predicted octanol–water partition coefficient (Wildman–Crippen LogP) is 4.26. The van der Waals surface area contributed by atoms with Crippen molar-refractivity contribution in [3.05, 3.63) is 68.8 Å². The van der Waals surface area contributed by atoms with Gasteiger partial charge in [0.15, 0.2) is 5.82 Å². The molecule has 2 N–H and O–H groups in total. The highest BCUT2D eigenvalue weighted by Gasteiger charge is 2.72. The van der Waals surface area contributed by atoms with Crippen molar-refractivity contribution in [3.8, 4) is 22.8 Å². The molecule has 1 aliphatic rings. The fourth-order valence-corrected chi connectivity index (χ4v) is 3.47. The van der Waals surface area contributed by atoms with Gasteiger partial charge < -0.3 is 5.32 Å². The van der Waals surface area contributed by atoms with Gasteiger partial charge in [0.05, 0.1) is 5.02 Å². The van der Waals surface area contributed by atoms with E-state index >= 15 is 0 Å². The lowest BCUT2D eigenvalue weighted by molar-refractivity contribution is -0.129. The molecule has 10 heteroatoms. The van der Waals surface area contributed by atoms with Crippen molar-refractivity contribution in [2.45, 2.75) is 32.7 Å². The van der Waals surface area contributed by atoms with Crippen LogP contribution in [0.5, 0.6) is 0 Å². The van der Waals surface area contributed by atoms with Crippen LogP contribution in [0.2, 0.25) is 5.02 Å². The van der Waals surface area contributed by atoms with E-state index in [1.54, 1.807) is 31.2 Å². The fourth-order valence-electron chi connectivity index (χ4n) is 3.26. The summed E-state index contributed by atoms with van der Waals surface area (Å²) in [7, 11) is 0. The van der Waals surface area contributed by atoms with Crippen LogP contribution in [0.15, 0.2) is 41.2 Å². The van der Waals surface area contributed by atoms with Crippen LogP contribution < -0.4 is 11.0 Å². The minimum atomic E-state index is -3.01. The van der Waals surface area contributed by atoms with Gasteiger partial charge in [-0.2, -0.15) is 4.98 Å². The number of alkyl halides is 2. The van der Waals surface area contributed by atoms with Crippen molar-refractivity contribution >= 4 is 17.5 Å². The summed E-state index contributed by atoms with van der Waals surface area (Å²) in [6, 6.07) is 9.11. The number of nitrogens with zero attached hydrogens (tertiary/aromatic N) is 2. The first-order chi connectivity index (χ1) is 15.0. The second-order valence-corrected chi connectivity index (χ2v) is 8.41. The quantitative estimate of drug-likeness (QED) is 0.593. The molecule has 1 saturated carbocycles. The minimum Gasteiger partial charge on any atom is -0.351 e. The Balaban J connectivity index is 1.62. The molecule has 1 aromatic heterocycles. The van der Waals surface area contributed by atoms with E-state index in [1.165, 1.54) is 19.1 Å². The smallest absolute Gasteiger partial charge is 0.348 e. The van der Waals surface area contributed by atoms with Gasteiger partial charge in [-0.1, -0.05) is 29.8 Å². The number of aromatic amines is 1. The Bertz CT molecular complexity index is 1290. The van der Waals surface area contributed by atoms with Crippen molar-refractivity contribution in [2.24, 2.45) is 5.41 Å². The number of aromatic nitrogens is 3. The molecule has 3 aromatic rings. The largest absolute Gasteiger partial charge is 0.351 e. The monoisotopic (exact) mass is 462 g/mol. The molecule has 0 radical (unpaired) electrons. The van der Waals surface area contributed by atoms with Gasteiger partial charge in [-0.3, -0.25) is 9.78 Å². The molecular weight excluding hydrogens is 445 g/mol. The molecule has 0 aliphatic heterocycles. The summed E-state index contributed by atoms with van der Waals surface area (Å²) < 4.78 is 40.8. The van der Waals surface area contributed by atoms with Crippen molar-refractivity contribution in [2.75, 3.05) is 0 Å². The number of benzene rings is 2. The SMILES string of the molecule is Cc1ccc(-c2nc(-c3cc(CNC(=O)C4(C)CC4(F)F)ccc3Cl)[nH]c(=O)n2)cc1F. The van der Waals surface area contributed by atoms with E-state index in [1.807, 2.05) is 0 Å². The maximum atomic E-state index is 13.9. The average molecular weight is 463 g/mol. The molecule has 32 heavy (non-hydrogen) atoms. The Morgan fingerprint density at radius 1 is 1.22 bits per heavy atom. The highest BCUT2D eigenvalue weighted by molar-refractivity contribution is 6.33. The molecule has 1 heterocycles. The van der Waals surface area contributed by atoms with E-state index in [0.29, 0.717) is 22.3 Å². The Morgan fingerprint density at radius 2 is 1.94 bits per heavy atom. The highest BCUT2D eigenvalue weighted by Crippen LogP contribution is 2.60. The summed E-state index contributed by atoms with van der Waals surface area (Å²) in [6.07, 6.45) is -0.484. The maximum Gasteiger partial charge on any atom is 0.348 e. The van der Waals surface area contributed by atoms with Gasteiger partial charge in [0, 0.05) is 24.1 Å². The van der Waals surface area contributed by atoms with Gasteiger partial charge in [-0.15, -0.1) is 0 Å². The number of carbonyl (C=O) groups excluding carboxylic acids is 1. The van der Waals surface area contributed by atoms with E-state index in [4.69, 9.17) is 11.6 Å². The predicted molar refractivity (Wildman–Crippen MR) is 113 cm³/mol. The van der Waals surface area contributed by atoms with Crippen LogP contribution in [0.25, 0.3) is 22.8 Å². The third kappa shape index (κ3) is 4.00. The molecular formula is C22H18ClF3N4O2. The Morgan fingerprint density at radius 3 is 2.59 bits per heavy atom. The van der Waals surface area contributed by atoms with Crippen LogP contribution in [0.3, 0.4) is 0 Å². The number of amides is 1. The van der Waals surface area contributed by atoms with Crippen molar-refractivity contribution < 1.29 is 18.0 Å². The first kappa shape index (κ1) is 22.0. The van der Waals surface area contributed by atoms with Crippen LogP contribution in [-0.4, -0.2) is 26.8 Å². The lowest BCUT2D eigenvalue weighted by Gasteiger charge is -2.12.